The molecule has 0 aliphatic carbocycles. The molecular formula is C10H17F6NO2S. The van der Waals surface area contributed by atoms with E-state index in [0.717, 1.165) is 0 Å². The number of hydrogen-bond acceptors (Lipinski definition) is 4. The Morgan fingerprint density at radius 3 is 2.10 bits per heavy atom. The summed E-state index contributed by atoms with van der Waals surface area (Å²) >= 11 is -0.757. The molecular weight excluding hydrogens is 312 g/mol. The first-order valence-corrected chi connectivity index (χ1v) is 6.55. The molecule has 1 N–H and O–H groups in total. The SMILES string of the molecule is CCOC(C)OCCNSC(F)(F)C(F)(F)C(C)(F)F. The van der Waals surface area contributed by atoms with E-state index in [1.165, 1.54) is 0 Å². The van der Waals surface area contributed by atoms with Gasteiger partial charge in [0.2, 0.25) is 0 Å². The van der Waals surface area contributed by atoms with Crippen LogP contribution in [0.25, 0.3) is 0 Å². The summed E-state index contributed by atoms with van der Waals surface area (Å²) in [4.78, 5) is 0. The van der Waals surface area contributed by atoms with Gasteiger partial charge in [-0.25, -0.2) is 0 Å². The highest BCUT2D eigenvalue weighted by Gasteiger charge is 2.69. The Morgan fingerprint density at radius 1 is 1.10 bits per heavy atom. The Bertz CT molecular complexity index is 287. The molecule has 0 saturated heterocycles. The van der Waals surface area contributed by atoms with E-state index in [4.69, 9.17) is 9.47 Å². The molecule has 0 spiro atoms. The van der Waals surface area contributed by atoms with E-state index in [2.05, 4.69) is 0 Å². The normalized spacial score (nSPS) is 15.4. The smallest absolute Gasteiger partial charge is 0.353 e. The van der Waals surface area contributed by atoms with E-state index >= 15 is 0 Å². The van der Waals surface area contributed by atoms with Crippen LogP contribution in [0.1, 0.15) is 20.8 Å². The zero-order valence-electron chi connectivity index (χ0n) is 11.2. The van der Waals surface area contributed by atoms with Crippen molar-refractivity contribution in [3.05, 3.63) is 0 Å². The van der Waals surface area contributed by atoms with Crippen molar-refractivity contribution >= 4 is 11.9 Å². The molecule has 0 amide bonds. The van der Waals surface area contributed by atoms with Crippen LogP contribution in [0.2, 0.25) is 0 Å². The summed E-state index contributed by atoms with van der Waals surface area (Å²) in [7, 11) is 0. The van der Waals surface area contributed by atoms with E-state index < -0.39 is 35.3 Å². The molecule has 0 aromatic rings. The molecule has 0 aliphatic heterocycles. The minimum absolute atomic E-state index is 0.0989. The van der Waals surface area contributed by atoms with Gasteiger partial charge in [-0.05, 0) is 13.8 Å². The number of halogens is 6. The third kappa shape index (κ3) is 5.66. The summed E-state index contributed by atoms with van der Waals surface area (Å²) in [6.45, 7) is 3.09. The Balaban J connectivity index is 4.12. The summed E-state index contributed by atoms with van der Waals surface area (Å²) < 4.78 is 88.4. The van der Waals surface area contributed by atoms with Gasteiger partial charge in [0, 0.05) is 32.0 Å². The van der Waals surface area contributed by atoms with Gasteiger partial charge in [0.1, 0.15) is 0 Å². The molecule has 0 fully saturated rings. The van der Waals surface area contributed by atoms with Gasteiger partial charge in [-0.15, -0.1) is 0 Å². The fourth-order valence-corrected chi connectivity index (χ4v) is 1.68. The summed E-state index contributed by atoms with van der Waals surface area (Å²) in [6, 6.07) is 0. The van der Waals surface area contributed by atoms with Crippen LogP contribution in [-0.4, -0.2) is 43.1 Å². The topological polar surface area (TPSA) is 30.5 Å². The lowest BCUT2D eigenvalue weighted by atomic mass is 10.2. The van der Waals surface area contributed by atoms with Crippen LogP contribution in [0.3, 0.4) is 0 Å². The van der Waals surface area contributed by atoms with Crippen LogP contribution in [-0.2, 0) is 9.47 Å². The average molecular weight is 329 g/mol. The number of nitrogens with one attached hydrogen (secondary N) is 1. The molecule has 0 heterocycles. The first kappa shape index (κ1) is 19.8. The van der Waals surface area contributed by atoms with E-state index in [1.807, 2.05) is 4.72 Å². The fraction of sp³-hybridized carbons (Fsp3) is 1.00. The third-order valence-electron chi connectivity index (χ3n) is 2.08. The van der Waals surface area contributed by atoms with Crippen molar-refractivity contribution < 1.29 is 35.8 Å². The Morgan fingerprint density at radius 2 is 1.65 bits per heavy atom. The average Bonchev–Trinajstić information content (AvgIpc) is 2.27. The molecule has 0 radical (unpaired) electrons. The summed E-state index contributed by atoms with van der Waals surface area (Å²) in [5, 5.41) is -4.95. The first-order valence-electron chi connectivity index (χ1n) is 5.73. The predicted molar refractivity (Wildman–Crippen MR) is 63.1 cm³/mol. The second-order valence-electron chi connectivity index (χ2n) is 3.87. The zero-order valence-corrected chi connectivity index (χ0v) is 12.0. The Labute approximate surface area is 117 Å². The third-order valence-corrected chi connectivity index (χ3v) is 2.94. The lowest BCUT2D eigenvalue weighted by molar-refractivity contribution is -0.268. The molecule has 0 bridgehead atoms. The van der Waals surface area contributed by atoms with Crippen LogP contribution in [0, 0.1) is 0 Å². The van der Waals surface area contributed by atoms with Crippen LogP contribution in [0.5, 0.6) is 0 Å². The van der Waals surface area contributed by atoms with E-state index in [1.54, 1.807) is 13.8 Å². The standard InChI is InChI=1S/C10H17F6NO2S/c1-4-18-7(2)19-6-5-17-20-10(15,16)9(13,14)8(3,11)12/h7,17H,4-6H2,1-3H3. The van der Waals surface area contributed by atoms with Gasteiger partial charge in [-0.3, -0.25) is 4.72 Å². The maximum Gasteiger partial charge on any atom is 0.382 e. The number of rotatable bonds is 10. The number of hydrogen-bond donors (Lipinski definition) is 1. The molecule has 0 saturated carbocycles. The predicted octanol–water partition coefficient (Wildman–Crippen LogP) is 3.51. The van der Waals surface area contributed by atoms with Crippen molar-refractivity contribution in [2.75, 3.05) is 19.8 Å². The van der Waals surface area contributed by atoms with Crippen LogP contribution in [0.15, 0.2) is 0 Å². The van der Waals surface area contributed by atoms with Gasteiger partial charge in [-0.1, -0.05) is 0 Å². The minimum Gasteiger partial charge on any atom is -0.353 e. The summed E-state index contributed by atoms with van der Waals surface area (Å²) in [6.07, 6.45) is -0.575. The van der Waals surface area contributed by atoms with Crippen LogP contribution in [0.4, 0.5) is 26.3 Å². The van der Waals surface area contributed by atoms with E-state index in [9.17, 15) is 26.3 Å². The van der Waals surface area contributed by atoms with E-state index in [-0.39, 0.29) is 20.1 Å². The lowest BCUT2D eigenvalue weighted by Crippen LogP contribution is -2.51. The molecule has 3 nitrogen and oxygen atoms in total. The highest BCUT2D eigenvalue weighted by molar-refractivity contribution is 7.98. The van der Waals surface area contributed by atoms with Gasteiger partial charge in [-0.2, -0.15) is 26.3 Å². The maximum absolute atomic E-state index is 13.0. The Hall–Kier alpha value is -0.190. The fourth-order valence-electron chi connectivity index (χ4n) is 1.01. The van der Waals surface area contributed by atoms with Crippen molar-refractivity contribution in [2.24, 2.45) is 0 Å². The summed E-state index contributed by atoms with van der Waals surface area (Å²) in [5.74, 6) is -10.3. The van der Waals surface area contributed by atoms with Crippen LogP contribution >= 0.6 is 11.9 Å². The van der Waals surface area contributed by atoms with Crippen molar-refractivity contribution in [3.63, 3.8) is 0 Å². The molecule has 20 heavy (non-hydrogen) atoms. The molecule has 1 atom stereocenters. The monoisotopic (exact) mass is 329 g/mol. The minimum atomic E-state index is -5.46. The quantitative estimate of drug-likeness (QED) is 0.288. The van der Waals surface area contributed by atoms with Crippen molar-refractivity contribution in [1.82, 2.24) is 4.72 Å². The van der Waals surface area contributed by atoms with Crippen molar-refractivity contribution in [2.45, 2.75) is 44.2 Å². The van der Waals surface area contributed by atoms with Gasteiger partial charge in [0.15, 0.2) is 6.29 Å². The molecule has 0 aromatic heterocycles. The second-order valence-corrected chi connectivity index (χ2v) is 4.88. The second kappa shape index (κ2) is 7.71. The number of ether oxygens (including phenoxy) is 2. The number of alkyl halides is 6. The van der Waals surface area contributed by atoms with Crippen molar-refractivity contribution in [3.8, 4) is 0 Å². The van der Waals surface area contributed by atoms with Gasteiger partial charge >= 0.3 is 17.1 Å². The molecule has 0 rings (SSSR count). The largest absolute Gasteiger partial charge is 0.382 e. The maximum atomic E-state index is 13.0. The van der Waals surface area contributed by atoms with Gasteiger partial charge in [0.25, 0.3) is 0 Å². The molecule has 0 aliphatic rings. The molecule has 1 unspecified atom stereocenters. The Kier molecular flexibility index (Phi) is 7.64. The lowest BCUT2D eigenvalue weighted by Gasteiger charge is -2.29. The van der Waals surface area contributed by atoms with Gasteiger partial charge < -0.3 is 9.47 Å². The van der Waals surface area contributed by atoms with E-state index in [0.29, 0.717) is 6.61 Å². The summed E-state index contributed by atoms with van der Waals surface area (Å²) in [5.41, 5.74) is 0. The van der Waals surface area contributed by atoms with Gasteiger partial charge in [0.05, 0.1) is 6.61 Å². The highest BCUT2D eigenvalue weighted by Crippen LogP contribution is 2.49. The highest BCUT2D eigenvalue weighted by atomic mass is 32.2. The van der Waals surface area contributed by atoms with Crippen LogP contribution < -0.4 is 4.72 Å². The molecule has 0 aromatic carbocycles. The van der Waals surface area contributed by atoms with Crippen molar-refractivity contribution in [1.29, 1.82) is 0 Å². The zero-order chi connectivity index (χ0) is 16.0. The first-order chi connectivity index (χ1) is 8.95. The molecule has 10 heteroatoms. The molecule has 122 valence electrons.